The number of sulfone groups is 1. The van der Waals surface area contributed by atoms with Crippen molar-refractivity contribution in [3.63, 3.8) is 0 Å². The van der Waals surface area contributed by atoms with E-state index in [2.05, 4.69) is 10.4 Å². The van der Waals surface area contributed by atoms with Gasteiger partial charge in [-0.1, -0.05) is 0 Å². The molecule has 0 unspecified atom stereocenters. The third kappa shape index (κ3) is 2.41. The molecule has 0 saturated heterocycles. The highest BCUT2D eigenvalue weighted by atomic mass is 32.2. The number of carbonyl (C=O) groups excluding carboxylic acids is 1. The van der Waals surface area contributed by atoms with Crippen LogP contribution in [-0.2, 0) is 21.7 Å². The van der Waals surface area contributed by atoms with Crippen molar-refractivity contribution in [2.75, 3.05) is 17.3 Å². The molecule has 0 aliphatic rings. The van der Waals surface area contributed by atoms with Crippen LogP contribution in [0.3, 0.4) is 0 Å². The average molecular weight is 260 g/mol. The molecule has 1 aromatic heterocycles. The number of nitrogens with zero attached hydrogens (tertiary/aromatic N) is 2. The van der Waals surface area contributed by atoms with Gasteiger partial charge in [-0.05, 0) is 13.8 Å². The van der Waals surface area contributed by atoms with Gasteiger partial charge in [-0.3, -0.25) is 9.48 Å². The van der Waals surface area contributed by atoms with Crippen LogP contribution < -0.4 is 11.1 Å². The lowest BCUT2D eigenvalue weighted by molar-refractivity contribution is -0.117. The molecule has 0 aliphatic carbocycles. The van der Waals surface area contributed by atoms with Crippen molar-refractivity contribution in [1.29, 1.82) is 0 Å². The summed E-state index contributed by atoms with van der Waals surface area (Å²) in [5.74, 6) is -0.359. The van der Waals surface area contributed by atoms with Gasteiger partial charge < -0.3 is 11.1 Å². The van der Waals surface area contributed by atoms with Crippen molar-refractivity contribution in [2.24, 2.45) is 7.05 Å². The molecule has 0 fully saturated rings. The molecule has 0 radical (unpaired) electrons. The quantitative estimate of drug-likeness (QED) is 0.780. The molecule has 0 aliphatic heterocycles. The molecule has 1 aromatic rings. The fourth-order valence-corrected chi connectivity index (χ4v) is 1.42. The van der Waals surface area contributed by atoms with Gasteiger partial charge in [0.15, 0.2) is 15.7 Å². The highest BCUT2D eigenvalue weighted by Crippen LogP contribution is 2.21. The van der Waals surface area contributed by atoms with E-state index >= 15 is 0 Å². The van der Waals surface area contributed by atoms with Gasteiger partial charge in [0.05, 0.1) is 11.9 Å². The summed E-state index contributed by atoms with van der Waals surface area (Å²) in [6.07, 6.45) is 2.39. The highest BCUT2D eigenvalue weighted by Gasteiger charge is 2.39. The van der Waals surface area contributed by atoms with E-state index in [1.165, 1.54) is 24.7 Å². The minimum absolute atomic E-state index is 0.283. The van der Waals surface area contributed by atoms with Gasteiger partial charge in [0.2, 0.25) is 5.91 Å². The molecule has 3 N–H and O–H groups in total. The summed E-state index contributed by atoms with van der Waals surface area (Å²) in [6.45, 7) is 2.68. The number of rotatable bonds is 3. The van der Waals surface area contributed by atoms with Gasteiger partial charge >= 0.3 is 0 Å². The van der Waals surface area contributed by atoms with E-state index in [1.807, 2.05) is 0 Å². The molecule has 7 nitrogen and oxygen atoms in total. The maximum Gasteiger partial charge on any atom is 0.246 e. The first-order chi connectivity index (χ1) is 7.57. The molecule has 0 bridgehead atoms. The van der Waals surface area contributed by atoms with Crippen molar-refractivity contribution in [3.8, 4) is 0 Å². The number of nitrogens with one attached hydrogen (secondary N) is 1. The summed E-state index contributed by atoms with van der Waals surface area (Å²) in [4.78, 5) is 11.9. The second-order valence-corrected chi connectivity index (χ2v) is 6.87. The van der Waals surface area contributed by atoms with Crippen LogP contribution in [-0.4, -0.2) is 35.1 Å². The van der Waals surface area contributed by atoms with Crippen LogP contribution in [0.15, 0.2) is 6.20 Å². The van der Waals surface area contributed by atoms with E-state index in [9.17, 15) is 13.2 Å². The van der Waals surface area contributed by atoms with Crippen LogP contribution in [0.25, 0.3) is 0 Å². The third-order valence-electron chi connectivity index (χ3n) is 2.67. The largest absolute Gasteiger partial charge is 0.394 e. The smallest absolute Gasteiger partial charge is 0.246 e. The zero-order valence-electron chi connectivity index (χ0n) is 10.2. The lowest BCUT2D eigenvalue weighted by atomic mass is 10.2. The van der Waals surface area contributed by atoms with Crippen molar-refractivity contribution in [3.05, 3.63) is 6.20 Å². The molecule has 1 rings (SSSR count). The number of anilines is 2. The van der Waals surface area contributed by atoms with Crippen LogP contribution >= 0.6 is 0 Å². The van der Waals surface area contributed by atoms with E-state index in [0.717, 1.165) is 6.26 Å². The van der Waals surface area contributed by atoms with Gasteiger partial charge in [0.1, 0.15) is 4.75 Å². The molecule has 1 heterocycles. The molecule has 8 heteroatoms. The molecular weight excluding hydrogens is 244 g/mol. The first-order valence-electron chi connectivity index (χ1n) is 4.86. The lowest BCUT2D eigenvalue weighted by Crippen LogP contribution is -2.44. The Morgan fingerprint density at radius 2 is 2.06 bits per heavy atom. The summed E-state index contributed by atoms with van der Waals surface area (Å²) in [5, 5.41) is 6.30. The Balaban J connectivity index is 3.03. The minimum Gasteiger partial charge on any atom is -0.394 e. The van der Waals surface area contributed by atoms with Crippen molar-refractivity contribution in [1.82, 2.24) is 9.78 Å². The maximum atomic E-state index is 11.9. The first kappa shape index (κ1) is 13.5. The van der Waals surface area contributed by atoms with Crippen LogP contribution in [0.2, 0.25) is 0 Å². The number of aryl methyl sites for hydroxylation is 1. The Morgan fingerprint density at radius 1 is 1.53 bits per heavy atom. The third-order valence-corrected chi connectivity index (χ3v) is 4.71. The van der Waals surface area contributed by atoms with Crippen LogP contribution in [0, 0.1) is 0 Å². The summed E-state index contributed by atoms with van der Waals surface area (Å²) in [6, 6.07) is 0. The minimum atomic E-state index is -3.51. The van der Waals surface area contributed by atoms with E-state index in [0.29, 0.717) is 0 Å². The van der Waals surface area contributed by atoms with Gasteiger partial charge in [-0.25, -0.2) is 8.42 Å². The average Bonchev–Trinajstić information content (AvgIpc) is 2.47. The van der Waals surface area contributed by atoms with Crippen molar-refractivity contribution in [2.45, 2.75) is 18.6 Å². The molecule has 96 valence electrons. The van der Waals surface area contributed by atoms with Gasteiger partial charge in [0.25, 0.3) is 0 Å². The Bertz CT molecular complexity index is 525. The Labute approximate surface area is 99.9 Å². The molecule has 0 aromatic carbocycles. The standard InChI is InChI=1S/C9H16N4O3S/c1-9(2,17(4,15)16)8(14)12-7-6(10)5-11-13(7)3/h5H,10H2,1-4H3,(H,12,14). The Kier molecular flexibility index (Phi) is 3.19. The van der Waals surface area contributed by atoms with Crippen LogP contribution in [0.5, 0.6) is 0 Å². The number of hydrogen-bond donors (Lipinski definition) is 2. The second-order valence-electron chi connectivity index (χ2n) is 4.31. The molecule has 0 spiro atoms. The predicted octanol–water partition coefficient (Wildman–Crippen LogP) is -0.236. The van der Waals surface area contributed by atoms with E-state index in [4.69, 9.17) is 5.73 Å². The first-order valence-corrected chi connectivity index (χ1v) is 6.75. The normalized spacial score (nSPS) is 12.5. The van der Waals surface area contributed by atoms with Crippen molar-refractivity contribution >= 4 is 27.2 Å². The van der Waals surface area contributed by atoms with Crippen LogP contribution in [0.1, 0.15) is 13.8 Å². The number of nitrogen functional groups attached to an aromatic ring is 1. The van der Waals surface area contributed by atoms with E-state index < -0.39 is 20.5 Å². The number of aromatic nitrogens is 2. The molecule has 17 heavy (non-hydrogen) atoms. The monoisotopic (exact) mass is 260 g/mol. The lowest BCUT2D eigenvalue weighted by Gasteiger charge is -2.21. The maximum absolute atomic E-state index is 11.9. The molecule has 1 amide bonds. The zero-order chi connectivity index (χ0) is 13.4. The Hall–Kier alpha value is -1.57. The molecule has 0 atom stereocenters. The fraction of sp³-hybridized carbons (Fsp3) is 0.556. The molecular formula is C9H16N4O3S. The fourth-order valence-electron chi connectivity index (χ4n) is 1.03. The van der Waals surface area contributed by atoms with E-state index in [1.54, 1.807) is 7.05 Å². The molecule has 0 saturated carbocycles. The van der Waals surface area contributed by atoms with E-state index in [-0.39, 0.29) is 11.5 Å². The topological polar surface area (TPSA) is 107 Å². The summed E-state index contributed by atoms with van der Waals surface area (Å²) in [7, 11) is -1.92. The number of carbonyl (C=O) groups is 1. The van der Waals surface area contributed by atoms with Gasteiger partial charge in [0, 0.05) is 13.3 Å². The van der Waals surface area contributed by atoms with Crippen molar-refractivity contribution < 1.29 is 13.2 Å². The van der Waals surface area contributed by atoms with Crippen LogP contribution in [0.4, 0.5) is 11.5 Å². The van der Waals surface area contributed by atoms with Gasteiger partial charge in [-0.15, -0.1) is 0 Å². The van der Waals surface area contributed by atoms with Gasteiger partial charge in [-0.2, -0.15) is 5.10 Å². The summed E-state index contributed by atoms with van der Waals surface area (Å²) in [5.41, 5.74) is 5.88. The number of nitrogens with two attached hydrogens (primary N) is 1. The SMILES string of the molecule is Cn1ncc(N)c1NC(=O)C(C)(C)S(C)(=O)=O. The predicted molar refractivity (Wildman–Crippen MR) is 65.2 cm³/mol. The number of amides is 1. The summed E-state index contributed by atoms with van der Waals surface area (Å²) < 4.78 is 22.8. The highest BCUT2D eigenvalue weighted by molar-refractivity contribution is 7.92. The number of hydrogen-bond acceptors (Lipinski definition) is 5. The Morgan fingerprint density at radius 3 is 2.41 bits per heavy atom. The zero-order valence-corrected chi connectivity index (χ0v) is 11.0. The second kappa shape index (κ2) is 4.02. The summed E-state index contributed by atoms with van der Waals surface area (Å²) >= 11 is 0.